The van der Waals surface area contributed by atoms with Gasteiger partial charge in [-0.25, -0.2) is 0 Å². The van der Waals surface area contributed by atoms with Gasteiger partial charge in [-0.1, -0.05) is 30.7 Å². The summed E-state index contributed by atoms with van der Waals surface area (Å²) in [6, 6.07) is 2.09. The van der Waals surface area contributed by atoms with Crippen molar-refractivity contribution in [3.63, 3.8) is 0 Å². The highest BCUT2D eigenvalue weighted by Gasteiger charge is 2.56. The zero-order valence-electron chi connectivity index (χ0n) is 18.5. The van der Waals surface area contributed by atoms with Crippen molar-refractivity contribution in [2.24, 2.45) is 35.0 Å². The van der Waals surface area contributed by atoms with E-state index in [1.807, 2.05) is 6.92 Å². The van der Waals surface area contributed by atoms with Crippen molar-refractivity contribution in [1.29, 1.82) is 0 Å². The summed E-state index contributed by atoms with van der Waals surface area (Å²) in [5, 5.41) is 15.2. The molecule has 4 aliphatic rings. The number of hydrogen-bond acceptors (Lipinski definition) is 2. The molecule has 0 aromatic carbocycles. The van der Waals surface area contributed by atoms with Gasteiger partial charge in [0.25, 0.3) is 0 Å². The molecule has 0 spiro atoms. The number of hydrogen-bond donors (Lipinski definition) is 1. The molecule has 0 amide bonds. The fraction of sp³-hybridized carbons (Fsp3) is 0.731. The van der Waals surface area contributed by atoms with Crippen molar-refractivity contribution in [1.82, 2.24) is 9.78 Å². The average molecular weight is 395 g/mol. The molecule has 3 nitrogen and oxygen atoms in total. The van der Waals surface area contributed by atoms with Gasteiger partial charge in [-0.05, 0) is 106 Å². The van der Waals surface area contributed by atoms with Gasteiger partial charge < -0.3 is 5.11 Å². The van der Waals surface area contributed by atoms with Gasteiger partial charge >= 0.3 is 0 Å². The van der Waals surface area contributed by atoms with Crippen LogP contribution in [0.1, 0.15) is 70.9 Å². The van der Waals surface area contributed by atoms with E-state index in [9.17, 15) is 5.11 Å². The van der Waals surface area contributed by atoms with Crippen LogP contribution in [0.25, 0.3) is 0 Å². The molecule has 1 aromatic rings. The highest BCUT2D eigenvalue weighted by atomic mass is 16.3. The Morgan fingerprint density at radius 2 is 2.03 bits per heavy atom. The molecule has 0 radical (unpaired) electrons. The van der Waals surface area contributed by atoms with Crippen LogP contribution in [0.2, 0.25) is 0 Å². The van der Waals surface area contributed by atoms with Crippen LogP contribution in [-0.4, -0.2) is 20.5 Å². The second-order valence-corrected chi connectivity index (χ2v) is 11.3. The summed E-state index contributed by atoms with van der Waals surface area (Å²) in [7, 11) is 0. The first-order valence-corrected chi connectivity index (χ1v) is 11.9. The molecule has 4 aliphatic carbocycles. The minimum atomic E-state index is -0.473. The number of aryl methyl sites for hydroxylation is 1. The first-order chi connectivity index (χ1) is 13.8. The van der Waals surface area contributed by atoms with E-state index in [0.29, 0.717) is 11.3 Å². The van der Waals surface area contributed by atoms with E-state index in [-0.39, 0.29) is 0 Å². The summed E-state index contributed by atoms with van der Waals surface area (Å²) in [6.45, 7) is 12.1. The van der Waals surface area contributed by atoms with E-state index >= 15 is 0 Å². The third-order valence-corrected chi connectivity index (χ3v) is 9.35. The molecule has 158 valence electrons. The summed E-state index contributed by atoms with van der Waals surface area (Å²) in [6.07, 6.45) is 14.3. The standard InChI is InChI=1S/C26H38N2O/c1-17(16-28-14-11-18(2)27-28)23-7-8-24-22-6-5-19-15-25(3,29)12-9-20(19)21(22)10-13-26(23,24)4/h5,11,14,20-24,29H,1,6-10,12-13,15-16H2,2-4H3/t20-,21+,22+,23+,24-,25+,26+/m0/s1. The summed E-state index contributed by atoms with van der Waals surface area (Å²) in [4.78, 5) is 0. The predicted molar refractivity (Wildman–Crippen MR) is 117 cm³/mol. The maximum absolute atomic E-state index is 10.6. The summed E-state index contributed by atoms with van der Waals surface area (Å²) in [5.41, 5.74) is 3.99. The third kappa shape index (κ3) is 3.24. The Kier molecular flexibility index (Phi) is 4.62. The lowest BCUT2D eigenvalue weighted by atomic mass is 9.51. The number of nitrogens with zero attached hydrogens (tertiary/aromatic N) is 2. The second kappa shape index (κ2) is 6.83. The summed E-state index contributed by atoms with van der Waals surface area (Å²) in [5.74, 6) is 3.91. The Morgan fingerprint density at radius 3 is 2.79 bits per heavy atom. The van der Waals surface area contributed by atoms with Gasteiger partial charge in [0.2, 0.25) is 0 Å². The van der Waals surface area contributed by atoms with Gasteiger partial charge in [0.1, 0.15) is 0 Å². The van der Waals surface area contributed by atoms with E-state index in [1.165, 1.54) is 44.1 Å². The van der Waals surface area contributed by atoms with Crippen molar-refractivity contribution < 1.29 is 5.11 Å². The van der Waals surface area contributed by atoms with Gasteiger partial charge in [0, 0.05) is 6.20 Å². The van der Waals surface area contributed by atoms with Crippen molar-refractivity contribution in [3.8, 4) is 0 Å². The maximum Gasteiger partial charge on any atom is 0.0657 e. The zero-order valence-corrected chi connectivity index (χ0v) is 18.5. The number of aromatic nitrogens is 2. The molecule has 1 N–H and O–H groups in total. The minimum Gasteiger partial charge on any atom is -0.390 e. The largest absolute Gasteiger partial charge is 0.390 e. The van der Waals surface area contributed by atoms with E-state index in [1.54, 1.807) is 5.57 Å². The van der Waals surface area contributed by atoms with Gasteiger partial charge in [-0.2, -0.15) is 5.10 Å². The lowest BCUT2D eigenvalue weighted by Crippen LogP contribution is -2.47. The molecule has 0 aliphatic heterocycles. The topological polar surface area (TPSA) is 38.0 Å². The molecular formula is C26H38N2O. The molecule has 0 bridgehead atoms. The van der Waals surface area contributed by atoms with Crippen molar-refractivity contribution >= 4 is 0 Å². The lowest BCUT2D eigenvalue weighted by molar-refractivity contribution is -0.0293. The zero-order chi connectivity index (χ0) is 20.4. The smallest absolute Gasteiger partial charge is 0.0657 e. The highest BCUT2D eigenvalue weighted by molar-refractivity contribution is 5.23. The van der Waals surface area contributed by atoms with Gasteiger partial charge in [0.15, 0.2) is 0 Å². The Balaban J connectivity index is 1.34. The molecule has 5 rings (SSSR count). The minimum absolute atomic E-state index is 0.409. The number of aliphatic hydroxyl groups is 1. The average Bonchev–Trinajstić information content (AvgIpc) is 3.22. The van der Waals surface area contributed by atoms with Crippen LogP contribution in [-0.2, 0) is 6.54 Å². The van der Waals surface area contributed by atoms with Crippen molar-refractivity contribution in [2.75, 3.05) is 0 Å². The third-order valence-electron chi connectivity index (χ3n) is 9.35. The van der Waals surface area contributed by atoms with Crippen LogP contribution < -0.4 is 0 Å². The molecule has 29 heavy (non-hydrogen) atoms. The van der Waals surface area contributed by atoms with Crippen molar-refractivity contribution in [3.05, 3.63) is 41.8 Å². The van der Waals surface area contributed by atoms with Crippen LogP contribution in [0, 0.1) is 41.9 Å². The quantitative estimate of drug-likeness (QED) is 0.669. The lowest BCUT2D eigenvalue weighted by Gasteiger charge is -2.54. The molecule has 3 heteroatoms. The first kappa shape index (κ1) is 19.6. The second-order valence-electron chi connectivity index (χ2n) is 11.3. The Hall–Kier alpha value is -1.35. The Bertz CT molecular complexity index is 834. The fourth-order valence-corrected chi connectivity index (χ4v) is 8.01. The SMILES string of the molecule is C=C(Cn1ccc(C)n1)[C@H]1CC[C@H]2[C@@H]3CC=C4C[C@](C)(O)CC[C@@H]4[C@H]3CC[C@]12C. The summed E-state index contributed by atoms with van der Waals surface area (Å²) >= 11 is 0. The molecule has 3 saturated carbocycles. The molecule has 1 heterocycles. The van der Waals surface area contributed by atoms with Gasteiger partial charge in [-0.15, -0.1) is 0 Å². The normalized spacial score (nSPS) is 43.9. The molecule has 3 fully saturated rings. The molecule has 1 aromatic heterocycles. The monoisotopic (exact) mass is 394 g/mol. The first-order valence-electron chi connectivity index (χ1n) is 11.9. The summed E-state index contributed by atoms with van der Waals surface area (Å²) < 4.78 is 2.07. The molecule has 0 unspecified atom stereocenters. The van der Waals surface area contributed by atoms with Crippen LogP contribution in [0.3, 0.4) is 0 Å². The van der Waals surface area contributed by atoms with Crippen LogP contribution in [0.15, 0.2) is 36.1 Å². The van der Waals surface area contributed by atoms with Crippen LogP contribution >= 0.6 is 0 Å². The Morgan fingerprint density at radius 1 is 1.21 bits per heavy atom. The highest BCUT2D eigenvalue weighted by Crippen LogP contribution is 2.64. The van der Waals surface area contributed by atoms with Crippen LogP contribution in [0.5, 0.6) is 0 Å². The van der Waals surface area contributed by atoms with Crippen LogP contribution in [0.4, 0.5) is 0 Å². The fourth-order valence-electron chi connectivity index (χ4n) is 8.01. The predicted octanol–water partition coefficient (Wildman–Crippen LogP) is 5.69. The molecule has 0 saturated heterocycles. The molecule has 7 atom stereocenters. The van der Waals surface area contributed by atoms with E-state index in [2.05, 4.69) is 48.5 Å². The maximum atomic E-state index is 10.6. The van der Waals surface area contributed by atoms with E-state index < -0.39 is 5.60 Å². The molecular weight excluding hydrogens is 356 g/mol. The number of rotatable bonds is 3. The number of allylic oxidation sites excluding steroid dienone is 2. The van der Waals surface area contributed by atoms with Crippen molar-refractivity contribution in [2.45, 2.75) is 84.3 Å². The Labute approximate surface area is 176 Å². The van der Waals surface area contributed by atoms with E-state index in [4.69, 9.17) is 0 Å². The van der Waals surface area contributed by atoms with E-state index in [0.717, 1.165) is 48.8 Å². The van der Waals surface area contributed by atoms with Gasteiger partial charge in [0.05, 0.1) is 17.8 Å². The number of fused-ring (bicyclic) bond motifs is 5. The van der Waals surface area contributed by atoms with Gasteiger partial charge in [-0.3, -0.25) is 4.68 Å².